The molecule has 0 aliphatic carbocycles. The van der Waals surface area contributed by atoms with Crippen molar-refractivity contribution in [1.29, 1.82) is 0 Å². The van der Waals surface area contributed by atoms with E-state index >= 15 is 0 Å². The minimum absolute atomic E-state index is 0.618. The van der Waals surface area contributed by atoms with Crippen LogP contribution < -0.4 is 5.32 Å². The lowest BCUT2D eigenvalue weighted by molar-refractivity contribution is -0.139. The molecule has 25 heavy (non-hydrogen) atoms. The summed E-state index contributed by atoms with van der Waals surface area (Å²) in [5.41, 5.74) is -2.08. The molecule has 0 heterocycles. The molecule has 1 aromatic carbocycles. The van der Waals surface area contributed by atoms with Crippen LogP contribution in [0.2, 0.25) is 0 Å². The topological polar surface area (TPSA) is 75.6 Å². The third kappa shape index (κ3) is 5.30. The van der Waals surface area contributed by atoms with E-state index in [0.717, 1.165) is 0 Å². The predicted octanol–water partition coefficient (Wildman–Crippen LogP) is 3.29. The molecule has 0 aliphatic heterocycles. The summed E-state index contributed by atoms with van der Waals surface area (Å²) >= 11 is 0. The number of hydrogen-bond donors (Lipinski definition) is 2. The Labute approximate surface area is 139 Å². The first kappa shape index (κ1) is 20.7. The van der Waals surface area contributed by atoms with Gasteiger partial charge < -0.3 is 15.2 Å². The molecule has 10 heteroatoms. The second-order valence-electron chi connectivity index (χ2n) is 6.12. The fraction of sp³-hybridized carbons (Fsp3) is 0.467. The van der Waals surface area contributed by atoms with Crippen LogP contribution in [0.25, 0.3) is 0 Å². The maximum absolute atomic E-state index is 13.6. The average Bonchev–Trinajstić information content (AvgIpc) is 2.47. The van der Waals surface area contributed by atoms with Crippen molar-refractivity contribution in [3.63, 3.8) is 0 Å². The van der Waals surface area contributed by atoms with Crippen LogP contribution in [0.15, 0.2) is 0 Å². The van der Waals surface area contributed by atoms with E-state index < -0.39 is 71.2 Å². The molecule has 1 atom stereocenters. The fourth-order valence-corrected chi connectivity index (χ4v) is 1.87. The number of nitrogens with one attached hydrogen (secondary N) is 1. The molecule has 1 rings (SSSR count). The summed E-state index contributed by atoms with van der Waals surface area (Å²) in [4.78, 5) is 22.7. The second-order valence-corrected chi connectivity index (χ2v) is 6.12. The van der Waals surface area contributed by atoms with Crippen molar-refractivity contribution >= 4 is 12.1 Å². The summed E-state index contributed by atoms with van der Waals surface area (Å²) in [7, 11) is 0. The number of alkyl carbamates (subject to hydrolysis) is 1. The molecule has 0 saturated heterocycles. The zero-order valence-corrected chi connectivity index (χ0v) is 13.6. The Hall–Kier alpha value is -2.39. The zero-order chi connectivity index (χ0) is 19.5. The first-order valence-electron chi connectivity index (χ1n) is 7.07. The van der Waals surface area contributed by atoms with Gasteiger partial charge in [0.1, 0.15) is 11.6 Å². The summed E-state index contributed by atoms with van der Waals surface area (Å²) in [6.45, 7) is 4.57. The van der Waals surface area contributed by atoms with Crippen molar-refractivity contribution in [3.05, 3.63) is 34.6 Å². The Morgan fingerprint density at radius 2 is 1.44 bits per heavy atom. The number of carboxylic acids is 1. The molecule has 0 fully saturated rings. The fourth-order valence-electron chi connectivity index (χ4n) is 1.87. The number of ether oxygens (including phenoxy) is 1. The minimum Gasteiger partial charge on any atom is -0.480 e. The molecule has 5 nitrogen and oxygen atoms in total. The normalized spacial score (nSPS) is 12.6. The highest BCUT2D eigenvalue weighted by Crippen LogP contribution is 2.24. The first-order chi connectivity index (χ1) is 11.3. The van der Waals surface area contributed by atoms with Gasteiger partial charge in [0, 0.05) is 5.56 Å². The lowest BCUT2D eigenvalue weighted by Crippen LogP contribution is -2.43. The lowest BCUT2D eigenvalue weighted by atomic mass is 10.0. The smallest absolute Gasteiger partial charge is 0.408 e. The van der Waals surface area contributed by atoms with Gasteiger partial charge in [-0.15, -0.1) is 0 Å². The molecule has 2 N–H and O–H groups in total. The van der Waals surface area contributed by atoms with Crippen molar-refractivity contribution in [2.75, 3.05) is 0 Å². The van der Waals surface area contributed by atoms with Crippen LogP contribution >= 0.6 is 0 Å². The van der Waals surface area contributed by atoms with E-state index in [2.05, 4.69) is 0 Å². The Bertz CT molecular complexity index is 658. The van der Waals surface area contributed by atoms with Crippen LogP contribution in [0.5, 0.6) is 0 Å². The molecule has 1 unspecified atom stereocenters. The SMILES string of the molecule is CC(C)(C)OC(=O)NC(CCc1c(F)c(F)c(F)c(F)c1F)C(=O)O. The van der Waals surface area contributed by atoms with Gasteiger partial charge in [-0.1, -0.05) is 0 Å². The van der Waals surface area contributed by atoms with Gasteiger partial charge in [-0.2, -0.15) is 0 Å². The molecule has 0 radical (unpaired) electrons. The molecule has 1 amide bonds. The number of halogens is 5. The number of carbonyl (C=O) groups is 2. The molecule has 0 aliphatic rings. The van der Waals surface area contributed by atoms with Gasteiger partial charge in [0.2, 0.25) is 5.82 Å². The predicted molar refractivity (Wildman–Crippen MR) is 75.3 cm³/mol. The number of carbonyl (C=O) groups excluding carboxylic acids is 1. The van der Waals surface area contributed by atoms with E-state index in [-0.39, 0.29) is 0 Å². The monoisotopic (exact) mass is 369 g/mol. The summed E-state index contributed by atoms with van der Waals surface area (Å²) in [5, 5.41) is 11.0. The van der Waals surface area contributed by atoms with Crippen molar-refractivity contribution in [1.82, 2.24) is 5.32 Å². The highest BCUT2D eigenvalue weighted by Gasteiger charge is 2.28. The third-order valence-electron chi connectivity index (χ3n) is 2.97. The number of aliphatic carboxylic acids is 1. The van der Waals surface area contributed by atoms with Gasteiger partial charge in [-0.05, 0) is 33.6 Å². The van der Waals surface area contributed by atoms with Gasteiger partial charge in [-0.3, -0.25) is 0 Å². The quantitative estimate of drug-likeness (QED) is 0.474. The van der Waals surface area contributed by atoms with E-state index in [4.69, 9.17) is 9.84 Å². The van der Waals surface area contributed by atoms with Gasteiger partial charge in [-0.25, -0.2) is 31.5 Å². The second kappa shape index (κ2) is 7.66. The van der Waals surface area contributed by atoms with Crippen LogP contribution in [0, 0.1) is 29.1 Å². The van der Waals surface area contributed by atoms with Crippen LogP contribution in [0.4, 0.5) is 26.7 Å². The van der Waals surface area contributed by atoms with Crippen LogP contribution in [-0.2, 0) is 16.0 Å². The largest absolute Gasteiger partial charge is 0.480 e. The highest BCUT2D eigenvalue weighted by atomic mass is 19.2. The van der Waals surface area contributed by atoms with Crippen molar-refractivity contribution in [2.24, 2.45) is 0 Å². The van der Waals surface area contributed by atoms with Crippen molar-refractivity contribution in [3.8, 4) is 0 Å². The molecule has 1 aromatic rings. The molecule has 140 valence electrons. The Balaban J connectivity index is 2.93. The van der Waals surface area contributed by atoms with Gasteiger partial charge in [0.25, 0.3) is 0 Å². The molecular formula is C15H16F5NO4. The van der Waals surface area contributed by atoms with E-state index in [9.17, 15) is 31.5 Å². The van der Waals surface area contributed by atoms with E-state index in [0.29, 0.717) is 0 Å². The number of amides is 1. The van der Waals surface area contributed by atoms with Crippen LogP contribution in [0.3, 0.4) is 0 Å². The van der Waals surface area contributed by atoms with Crippen molar-refractivity contribution in [2.45, 2.75) is 45.3 Å². The third-order valence-corrected chi connectivity index (χ3v) is 2.97. The summed E-state index contributed by atoms with van der Waals surface area (Å²) in [6, 6.07) is -1.65. The van der Waals surface area contributed by atoms with Crippen LogP contribution in [-0.4, -0.2) is 28.8 Å². The molecule has 0 aromatic heterocycles. The van der Waals surface area contributed by atoms with Gasteiger partial charge in [0.15, 0.2) is 23.3 Å². The molecule has 0 spiro atoms. The Kier molecular flexibility index (Phi) is 6.33. The summed E-state index contributed by atoms with van der Waals surface area (Å²) in [6.07, 6.45) is -2.52. The van der Waals surface area contributed by atoms with Crippen molar-refractivity contribution < 1.29 is 41.4 Å². The summed E-state index contributed by atoms with van der Waals surface area (Å²) in [5.74, 6) is -12.2. The van der Waals surface area contributed by atoms with E-state index in [1.807, 2.05) is 5.32 Å². The molecular weight excluding hydrogens is 353 g/mol. The number of hydrogen-bond acceptors (Lipinski definition) is 3. The lowest BCUT2D eigenvalue weighted by Gasteiger charge is -2.22. The number of carboxylic acid groups (broad SMARTS) is 1. The van der Waals surface area contributed by atoms with Crippen LogP contribution in [0.1, 0.15) is 32.8 Å². The van der Waals surface area contributed by atoms with E-state index in [1.54, 1.807) is 0 Å². The maximum atomic E-state index is 13.6. The Morgan fingerprint density at radius 3 is 1.84 bits per heavy atom. The minimum atomic E-state index is -2.31. The molecule has 0 saturated carbocycles. The highest BCUT2D eigenvalue weighted by molar-refractivity contribution is 5.80. The first-order valence-corrected chi connectivity index (χ1v) is 7.07. The zero-order valence-electron chi connectivity index (χ0n) is 13.6. The van der Waals surface area contributed by atoms with Gasteiger partial charge in [0.05, 0.1) is 0 Å². The molecule has 0 bridgehead atoms. The number of rotatable bonds is 5. The maximum Gasteiger partial charge on any atom is 0.408 e. The number of benzene rings is 1. The Morgan fingerprint density at radius 1 is 1.00 bits per heavy atom. The standard InChI is InChI=1S/C15H16F5NO4/c1-15(2,3)25-14(24)21-7(13(22)23)5-4-6-8(16)10(18)12(20)11(19)9(6)17/h7H,4-5H2,1-3H3,(H,21,24)(H,22,23). The summed E-state index contributed by atoms with van der Waals surface area (Å²) < 4.78 is 71.1. The van der Waals surface area contributed by atoms with Gasteiger partial charge >= 0.3 is 12.1 Å². The average molecular weight is 369 g/mol. The van der Waals surface area contributed by atoms with E-state index in [1.165, 1.54) is 20.8 Å².